The largest absolute Gasteiger partial charge is 0.507 e. The van der Waals surface area contributed by atoms with Crippen LogP contribution < -0.4 is 10.9 Å². The van der Waals surface area contributed by atoms with Crippen LogP contribution in [0.15, 0.2) is 33.5 Å². The number of aliphatic carboxylic acids is 1. The number of benzene rings is 1. The second-order valence-corrected chi connectivity index (χ2v) is 5.58. The normalized spacial score (nSPS) is 22.2. The van der Waals surface area contributed by atoms with E-state index >= 15 is 0 Å². The number of hydrogen-bond acceptors (Lipinski definition) is 6. The van der Waals surface area contributed by atoms with Gasteiger partial charge in [0.05, 0.1) is 10.9 Å². The highest BCUT2D eigenvalue weighted by molar-refractivity contribution is 7.99. The Morgan fingerprint density at radius 2 is 2.10 bits per heavy atom. The van der Waals surface area contributed by atoms with Crippen molar-refractivity contribution in [3.63, 3.8) is 0 Å². The third-order valence-corrected chi connectivity index (χ3v) is 4.38. The van der Waals surface area contributed by atoms with Gasteiger partial charge in [-0.05, 0) is 18.2 Å². The Hall–Kier alpha value is -1.99. The number of carbonyl (C=O) groups is 1. The van der Waals surface area contributed by atoms with Crippen LogP contribution in [0.3, 0.4) is 0 Å². The summed E-state index contributed by atoms with van der Waals surface area (Å²) in [4.78, 5) is 22.3. The zero-order chi connectivity index (χ0) is 14.3. The second-order valence-electron chi connectivity index (χ2n) is 4.44. The molecule has 104 valence electrons. The summed E-state index contributed by atoms with van der Waals surface area (Å²) < 4.78 is 5.17. The van der Waals surface area contributed by atoms with Crippen molar-refractivity contribution in [2.24, 2.45) is 0 Å². The van der Waals surface area contributed by atoms with Crippen LogP contribution >= 0.6 is 11.8 Å². The van der Waals surface area contributed by atoms with Gasteiger partial charge < -0.3 is 14.6 Å². The van der Waals surface area contributed by atoms with Gasteiger partial charge in [-0.25, -0.2) is 4.79 Å². The number of phenolic OH excluding ortho intramolecular Hbond substituents is 1. The molecule has 20 heavy (non-hydrogen) atoms. The molecule has 2 heterocycles. The summed E-state index contributed by atoms with van der Waals surface area (Å²) in [6.45, 7) is 0. The minimum atomic E-state index is -0.943. The van der Waals surface area contributed by atoms with Gasteiger partial charge in [-0.15, -0.1) is 11.8 Å². The number of carboxylic acid groups (broad SMARTS) is 1. The first-order valence-corrected chi connectivity index (χ1v) is 6.97. The molecule has 3 N–H and O–H groups in total. The van der Waals surface area contributed by atoms with E-state index in [-0.39, 0.29) is 11.3 Å². The van der Waals surface area contributed by atoms with Gasteiger partial charge in [0.25, 0.3) is 0 Å². The minimum Gasteiger partial charge on any atom is -0.507 e. The van der Waals surface area contributed by atoms with Crippen molar-refractivity contribution in [3.05, 3.63) is 40.2 Å². The highest BCUT2D eigenvalue weighted by Gasteiger charge is 2.33. The first kappa shape index (κ1) is 13.0. The molecule has 6 nitrogen and oxygen atoms in total. The molecule has 1 saturated heterocycles. The molecule has 2 unspecified atom stereocenters. The number of thioether (sulfide) groups is 1. The third kappa shape index (κ3) is 2.14. The molecule has 0 radical (unpaired) electrons. The fourth-order valence-corrected chi connectivity index (χ4v) is 3.46. The lowest BCUT2D eigenvalue weighted by Crippen LogP contribution is -2.33. The highest BCUT2D eigenvalue weighted by Crippen LogP contribution is 2.40. The molecule has 1 aliphatic rings. The molecule has 0 amide bonds. The fraction of sp³-hybridized carbons (Fsp3) is 0.231. The molecular formula is C13H11NO5S. The van der Waals surface area contributed by atoms with Crippen molar-refractivity contribution in [2.75, 3.05) is 5.75 Å². The van der Waals surface area contributed by atoms with Crippen molar-refractivity contribution in [1.82, 2.24) is 5.32 Å². The molecule has 2 atom stereocenters. The summed E-state index contributed by atoms with van der Waals surface area (Å²) in [7, 11) is 0. The topological polar surface area (TPSA) is 99.8 Å². The molecule has 1 aromatic heterocycles. The van der Waals surface area contributed by atoms with E-state index in [1.54, 1.807) is 12.1 Å². The maximum absolute atomic E-state index is 11.4. The van der Waals surface area contributed by atoms with E-state index in [9.17, 15) is 14.7 Å². The summed E-state index contributed by atoms with van der Waals surface area (Å²) in [5, 5.41) is 22.2. The predicted molar refractivity (Wildman–Crippen MR) is 73.9 cm³/mol. The lowest BCUT2D eigenvalue weighted by molar-refractivity contribution is -0.138. The van der Waals surface area contributed by atoms with E-state index in [4.69, 9.17) is 9.52 Å². The SMILES string of the molecule is O=C(O)C1CSC(c2c(O)ccc3ccc(=O)oc23)N1. The van der Waals surface area contributed by atoms with Crippen molar-refractivity contribution < 1.29 is 19.4 Å². The first-order valence-electron chi connectivity index (χ1n) is 5.92. The summed E-state index contributed by atoms with van der Waals surface area (Å²) in [6.07, 6.45) is 0. The van der Waals surface area contributed by atoms with Gasteiger partial charge in [0, 0.05) is 17.2 Å². The predicted octanol–water partition coefficient (Wildman–Crippen LogP) is 1.29. The molecule has 7 heteroatoms. The average Bonchev–Trinajstić information content (AvgIpc) is 2.88. The summed E-state index contributed by atoms with van der Waals surface area (Å²) >= 11 is 1.35. The van der Waals surface area contributed by atoms with Crippen LogP contribution in [0, 0.1) is 0 Å². The Kier molecular flexibility index (Phi) is 3.15. The molecule has 1 aromatic carbocycles. The molecule has 0 aliphatic carbocycles. The monoisotopic (exact) mass is 293 g/mol. The van der Waals surface area contributed by atoms with E-state index in [2.05, 4.69) is 5.32 Å². The molecule has 0 spiro atoms. The van der Waals surface area contributed by atoms with E-state index < -0.39 is 23.0 Å². The number of nitrogens with one attached hydrogen (secondary N) is 1. The van der Waals surface area contributed by atoms with Crippen LogP contribution in [0.4, 0.5) is 0 Å². The lowest BCUT2D eigenvalue weighted by atomic mass is 10.1. The maximum atomic E-state index is 11.4. The lowest BCUT2D eigenvalue weighted by Gasteiger charge is -2.14. The Labute approximate surface area is 117 Å². The number of rotatable bonds is 2. The first-order chi connectivity index (χ1) is 9.56. The number of phenols is 1. The summed E-state index contributed by atoms with van der Waals surface area (Å²) in [6, 6.07) is 5.38. The van der Waals surface area contributed by atoms with Crippen molar-refractivity contribution in [1.29, 1.82) is 0 Å². The van der Waals surface area contributed by atoms with Crippen molar-refractivity contribution >= 4 is 28.7 Å². The van der Waals surface area contributed by atoms with Gasteiger partial charge in [0.1, 0.15) is 17.4 Å². The quantitative estimate of drug-likeness (QED) is 0.717. The van der Waals surface area contributed by atoms with E-state index in [0.717, 1.165) is 0 Å². The highest BCUT2D eigenvalue weighted by atomic mass is 32.2. The molecule has 0 bridgehead atoms. The van der Waals surface area contributed by atoms with E-state index in [1.807, 2.05) is 0 Å². The maximum Gasteiger partial charge on any atom is 0.336 e. The molecule has 1 fully saturated rings. The van der Waals surface area contributed by atoms with Crippen LogP contribution in [-0.4, -0.2) is 28.0 Å². The van der Waals surface area contributed by atoms with Crippen molar-refractivity contribution in [3.8, 4) is 5.75 Å². The fourth-order valence-electron chi connectivity index (χ4n) is 2.18. The Bertz CT molecular complexity index is 741. The zero-order valence-electron chi connectivity index (χ0n) is 10.2. The third-order valence-electron chi connectivity index (χ3n) is 3.15. The minimum absolute atomic E-state index is 0.0251. The van der Waals surface area contributed by atoms with Gasteiger partial charge in [0.2, 0.25) is 0 Å². The molecular weight excluding hydrogens is 282 g/mol. The van der Waals surface area contributed by atoms with Crippen molar-refractivity contribution in [2.45, 2.75) is 11.4 Å². The van der Waals surface area contributed by atoms with Crippen LogP contribution in [0.2, 0.25) is 0 Å². The van der Waals surface area contributed by atoms with Gasteiger partial charge in [-0.3, -0.25) is 10.1 Å². The Morgan fingerprint density at radius 1 is 1.35 bits per heavy atom. The molecule has 2 aromatic rings. The number of hydrogen-bond donors (Lipinski definition) is 3. The number of carboxylic acids is 1. The molecule has 1 aliphatic heterocycles. The average molecular weight is 293 g/mol. The van der Waals surface area contributed by atoms with Gasteiger partial charge in [0.15, 0.2) is 0 Å². The molecule has 0 saturated carbocycles. The molecule has 3 rings (SSSR count). The summed E-state index contributed by atoms with van der Waals surface area (Å²) in [5.74, 6) is -0.587. The van der Waals surface area contributed by atoms with Gasteiger partial charge in [-0.2, -0.15) is 0 Å². The van der Waals surface area contributed by atoms with E-state index in [0.29, 0.717) is 16.7 Å². The number of aromatic hydroxyl groups is 1. The Balaban J connectivity index is 2.11. The Morgan fingerprint density at radius 3 is 2.80 bits per heavy atom. The van der Waals surface area contributed by atoms with Crippen LogP contribution in [0.1, 0.15) is 10.9 Å². The van der Waals surface area contributed by atoms with Gasteiger partial charge in [-0.1, -0.05) is 0 Å². The second kappa shape index (κ2) is 4.84. The zero-order valence-corrected chi connectivity index (χ0v) is 11.0. The number of fused-ring (bicyclic) bond motifs is 1. The summed E-state index contributed by atoms with van der Waals surface area (Å²) in [5.41, 5.74) is 0.185. The van der Waals surface area contributed by atoms with Crippen LogP contribution in [-0.2, 0) is 4.79 Å². The van der Waals surface area contributed by atoms with E-state index in [1.165, 1.54) is 23.9 Å². The standard InChI is InChI=1S/C13H11NO5S/c15-8-3-1-6-2-4-9(16)19-11(6)10(8)12-14-7(5-20-12)13(17)18/h1-4,7,12,14-15H,5H2,(H,17,18). The smallest absolute Gasteiger partial charge is 0.336 e. The van der Waals surface area contributed by atoms with Gasteiger partial charge >= 0.3 is 11.6 Å². The van der Waals surface area contributed by atoms with Crippen LogP contribution in [0.5, 0.6) is 5.75 Å². The van der Waals surface area contributed by atoms with Crippen LogP contribution in [0.25, 0.3) is 11.0 Å².